The number of rotatable bonds is 9. The number of benzene rings is 2. The first kappa shape index (κ1) is 16.3. The Bertz CT molecular complexity index is 500. The van der Waals surface area contributed by atoms with Crippen LogP contribution in [0.2, 0.25) is 0 Å². The molecule has 0 aromatic heterocycles. The van der Waals surface area contributed by atoms with Crippen LogP contribution in [0.4, 0.5) is 0 Å². The molecule has 0 heterocycles. The molecule has 2 rings (SSSR count). The maximum absolute atomic E-state index is 3.90. The lowest BCUT2D eigenvalue weighted by atomic mass is 9.76. The van der Waals surface area contributed by atoms with E-state index in [0.717, 1.165) is 25.7 Å². The molecule has 2 unspecified atom stereocenters. The van der Waals surface area contributed by atoms with E-state index in [0.29, 0.717) is 11.8 Å². The molecule has 0 fully saturated rings. The van der Waals surface area contributed by atoms with Gasteiger partial charge >= 0.3 is 0 Å². The maximum Gasteiger partial charge on any atom is -0.00900 e. The standard InChI is InChI=1S/C22H26/c1-3-5-17-21(19-13-9-7-10-14-19)22(18-6-4-2)20-15-11-8-12-16-20/h3-4,7-16,21-22H,1-2,5-6,17-18H2. The smallest absolute Gasteiger partial charge is 0.00900 e. The van der Waals surface area contributed by atoms with Gasteiger partial charge in [0.1, 0.15) is 0 Å². The minimum Gasteiger partial charge on any atom is -0.103 e. The van der Waals surface area contributed by atoms with Crippen molar-refractivity contribution < 1.29 is 0 Å². The van der Waals surface area contributed by atoms with Gasteiger partial charge in [-0.15, -0.1) is 13.2 Å². The van der Waals surface area contributed by atoms with Crippen molar-refractivity contribution in [1.82, 2.24) is 0 Å². The average molecular weight is 290 g/mol. The van der Waals surface area contributed by atoms with Crippen LogP contribution in [-0.2, 0) is 0 Å². The second-order valence-corrected chi connectivity index (χ2v) is 5.77. The molecule has 22 heavy (non-hydrogen) atoms. The summed E-state index contributed by atoms with van der Waals surface area (Å²) in [7, 11) is 0. The van der Waals surface area contributed by atoms with Crippen LogP contribution in [0.1, 0.15) is 48.6 Å². The molecule has 0 aliphatic rings. The fraction of sp³-hybridized carbons (Fsp3) is 0.273. The third-order valence-corrected chi connectivity index (χ3v) is 4.30. The summed E-state index contributed by atoms with van der Waals surface area (Å²) in [5, 5.41) is 0. The summed E-state index contributed by atoms with van der Waals surface area (Å²) in [5.74, 6) is 1.06. The monoisotopic (exact) mass is 290 g/mol. The van der Waals surface area contributed by atoms with Crippen LogP contribution in [0.15, 0.2) is 86.0 Å². The van der Waals surface area contributed by atoms with Crippen LogP contribution in [-0.4, -0.2) is 0 Å². The molecule has 0 heteroatoms. The molecule has 0 N–H and O–H groups in total. The average Bonchev–Trinajstić information content (AvgIpc) is 2.59. The summed E-state index contributed by atoms with van der Waals surface area (Å²) in [6.07, 6.45) is 8.46. The highest BCUT2D eigenvalue weighted by atomic mass is 14.3. The SMILES string of the molecule is C=CCCC(c1ccccc1)C(CCC=C)c1ccccc1. The molecule has 2 atom stereocenters. The van der Waals surface area contributed by atoms with Gasteiger partial charge < -0.3 is 0 Å². The zero-order chi connectivity index (χ0) is 15.6. The summed E-state index contributed by atoms with van der Waals surface area (Å²) < 4.78 is 0. The fourth-order valence-electron chi connectivity index (χ4n) is 3.20. The van der Waals surface area contributed by atoms with Gasteiger partial charge in [-0.25, -0.2) is 0 Å². The molecule has 2 aromatic carbocycles. The Morgan fingerprint density at radius 1 is 0.636 bits per heavy atom. The third-order valence-electron chi connectivity index (χ3n) is 4.30. The molecule has 0 nitrogen and oxygen atoms in total. The Balaban J connectivity index is 2.33. The minimum atomic E-state index is 0.529. The van der Waals surface area contributed by atoms with Gasteiger partial charge in [-0.05, 0) is 48.6 Å². The van der Waals surface area contributed by atoms with E-state index in [1.807, 2.05) is 12.2 Å². The van der Waals surface area contributed by atoms with Crippen molar-refractivity contribution >= 4 is 0 Å². The Morgan fingerprint density at radius 3 is 1.32 bits per heavy atom. The maximum atomic E-state index is 3.90. The normalized spacial score (nSPS) is 13.3. The quantitative estimate of drug-likeness (QED) is 0.463. The van der Waals surface area contributed by atoms with E-state index in [9.17, 15) is 0 Å². The second-order valence-electron chi connectivity index (χ2n) is 5.77. The zero-order valence-corrected chi connectivity index (χ0v) is 13.3. The second kappa shape index (κ2) is 9.04. The third kappa shape index (κ3) is 4.46. The summed E-state index contributed by atoms with van der Waals surface area (Å²) >= 11 is 0. The van der Waals surface area contributed by atoms with Crippen LogP contribution in [0.5, 0.6) is 0 Å². The molecule has 0 spiro atoms. The Hall–Kier alpha value is -2.08. The van der Waals surface area contributed by atoms with Crippen molar-refractivity contribution in [1.29, 1.82) is 0 Å². The van der Waals surface area contributed by atoms with E-state index in [1.165, 1.54) is 11.1 Å². The number of hydrogen-bond acceptors (Lipinski definition) is 0. The Kier molecular flexibility index (Phi) is 6.70. The van der Waals surface area contributed by atoms with E-state index in [1.54, 1.807) is 0 Å². The first-order valence-corrected chi connectivity index (χ1v) is 8.18. The van der Waals surface area contributed by atoms with E-state index >= 15 is 0 Å². The topological polar surface area (TPSA) is 0 Å². The minimum absolute atomic E-state index is 0.529. The highest BCUT2D eigenvalue weighted by Gasteiger charge is 2.23. The van der Waals surface area contributed by atoms with Crippen molar-refractivity contribution in [3.63, 3.8) is 0 Å². The van der Waals surface area contributed by atoms with Gasteiger partial charge in [-0.1, -0.05) is 72.8 Å². The molecule has 0 saturated heterocycles. The zero-order valence-electron chi connectivity index (χ0n) is 13.3. The molecule has 2 aromatic rings. The van der Waals surface area contributed by atoms with Crippen molar-refractivity contribution in [2.75, 3.05) is 0 Å². The van der Waals surface area contributed by atoms with Gasteiger partial charge in [0.15, 0.2) is 0 Å². The molecule has 0 aliphatic heterocycles. The Labute approximate surface area is 135 Å². The van der Waals surface area contributed by atoms with Gasteiger partial charge in [0, 0.05) is 0 Å². The van der Waals surface area contributed by atoms with E-state index in [-0.39, 0.29) is 0 Å². The van der Waals surface area contributed by atoms with Crippen LogP contribution in [0, 0.1) is 0 Å². The largest absolute Gasteiger partial charge is 0.103 e. The number of hydrogen-bond donors (Lipinski definition) is 0. The number of allylic oxidation sites excluding steroid dienone is 2. The first-order valence-electron chi connectivity index (χ1n) is 8.18. The molecule has 0 aliphatic carbocycles. The Morgan fingerprint density at radius 2 is 1.00 bits per heavy atom. The lowest BCUT2D eigenvalue weighted by Gasteiger charge is -2.28. The molecular formula is C22H26. The predicted molar refractivity (Wildman–Crippen MR) is 97.2 cm³/mol. The van der Waals surface area contributed by atoms with Gasteiger partial charge in [0.05, 0.1) is 0 Å². The van der Waals surface area contributed by atoms with E-state index in [2.05, 4.69) is 73.8 Å². The fourth-order valence-corrected chi connectivity index (χ4v) is 3.20. The molecule has 0 amide bonds. The van der Waals surface area contributed by atoms with E-state index < -0.39 is 0 Å². The van der Waals surface area contributed by atoms with Gasteiger partial charge in [-0.3, -0.25) is 0 Å². The van der Waals surface area contributed by atoms with E-state index in [4.69, 9.17) is 0 Å². The van der Waals surface area contributed by atoms with Crippen molar-refractivity contribution in [3.8, 4) is 0 Å². The molecule has 0 saturated carbocycles. The predicted octanol–water partition coefficient (Wildman–Crippen LogP) is 6.49. The molecule has 0 bridgehead atoms. The lowest BCUT2D eigenvalue weighted by molar-refractivity contribution is 0.483. The lowest BCUT2D eigenvalue weighted by Crippen LogP contribution is -2.12. The van der Waals surface area contributed by atoms with Crippen molar-refractivity contribution in [2.45, 2.75) is 37.5 Å². The molecule has 114 valence electrons. The highest BCUT2D eigenvalue weighted by molar-refractivity contribution is 5.28. The van der Waals surface area contributed by atoms with Gasteiger partial charge in [-0.2, -0.15) is 0 Å². The molecular weight excluding hydrogens is 264 g/mol. The summed E-state index contributed by atoms with van der Waals surface area (Å²) in [4.78, 5) is 0. The van der Waals surface area contributed by atoms with Crippen LogP contribution < -0.4 is 0 Å². The summed E-state index contributed by atoms with van der Waals surface area (Å²) in [6.45, 7) is 7.81. The van der Waals surface area contributed by atoms with Crippen molar-refractivity contribution in [2.24, 2.45) is 0 Å². The first-order chi connectivity index (χ1) is 10.9. The summed E-state index contributed by atoms with van der Waals surface area (Å²) in [5.41, 5.74) is 2.87. The van der Waals surface area contributed by atoms with Crippen LogP contribution in [0.3, 0.4) is 0 Å². The van der Waals surface area contributed by atoms with Crippen molar-refractivity contribution in [3.05, 3.63) is 97.1 Å². The highest BCUT2D eigenvalue weighted by Crippen LogP contribution is 2.39. The van der Waals surface area contributed by atoms with Crippen LogP contribution >= 0.6 is 0 Å². The summed E-state index contributed by atoms with van der Waals surface area (Å²) in [6, 6.07) is 21.8. The van der Waals surface area contributed by atoms with Gasteiger partial charge in [0.2, 0.25) is 0 Å². The van der Waals surface area contributed by atoms with Gasteiger partial charge in [0.25, 0.3) is 0 Å². The van der Waals surface area contributed by atoms with Crippen LogP contribution in [0.25, 0.3) is 0 Å². The molecule has 0 radical (unpaired) electrons.